The molecule has 0 aliphatic rings. The van der Waals surface area contributed by atoms with Crippen molar-refractivity contribution in [1.29, 1.82) is 0 Å². The number of fused-ring (bicyclic) bond motifs is 1. The predicted octanol–water partition coefficient (Wildman–Crippen LogP) is 3.45. The highest BCUT2D eigenvalue weighted by molar-refractivity contribution is 5.91. The Bertz CT molecular complexity index is 1120. The molecule has 0 spiro atoms. The molecule has 0 unspecified atom stereocenters. The molecule has 3 heterocycles. The van der Waals surface area contributed by atoms with Gasteiger partial charge in [0, 0.05) is 46.8 Å². The lowest BCUT2D eigenvalue weighted by molar-refractivity contribution is 0.0696. The van der Waals surface area contributed by atoms with E-state index in [4.69, 9.17) is 5.73 Å². The maximum Gasteiger partial charge on any atom is 0.337 e. The van der Waals surface area contributed by atoms with E-state index in [2.05, 4.69) is 15.0 Å². The summed E-state index contributed by atoms with van der Waals surface area (Å²) in [6.07, 6.45) is 3.49. The fraction of sp³-hybridized carbons (Fsp3) is 0.0500. The number of carboxylic acids is 1. The molecule has 4 rings (SSSR count). The lowest BCUT2D eigenvalue weighted by Crippen LogP contribution is -2.04. The van der Waals surface area contributed by atoms with Crippen LogP contribution in [0.15, 0.2) is 60.9 Å². The monoisotopic (exact) mass is 344 g/mol. The van der Waals surface area contributed by atoms with E-state index in [0.29, 0.717) is 11.4 Å². The summed E-state index contributed by atoms with van der Waals surface area (Å²) >= 11 is 0. The molecule has 6 nitrogen and oxygen atoms in total. The summed E-state index contributed by atoms with van der Waals surface area (Å²) in [6, 6.07) is 15.3. The fourth-order valence-electron chi connectivity index (χ4n) is 2.97. The molecule has 0 amide bonds. The normalized spacial score (nSPS) is 11.0. The quantitative estimate of drug-likeness (QED) is 0.526. The van der Waals surface area contributed by atoms with Crippen LogP contribution >= 0.6 is 0 Å². The molecule has 0 aliphatic heterocycles. The van der Waals surface area contributed by atoms with E-state index in [1.54, 1.807) is 18.5 Å². The van der Waals surface area contributed by atoms with E-state index < -0.39 is 5.97 Å². The van der Waals surface area contributed by atoms with Crippen molar-refractivity contribution in [2.75, 3.05) is 0 Å². The van der Waals surface area contributed by atoms with Gasteiger partial charge in [-0.2, -0.15) is 0 Å². The number of carbonyl (C=O) groups is 1. The summed E-state index contributed by atoms with van der Waals surface area (Å²) in [7, 11) is 0. The number of H-pyrrole nitrogens is 1. The lowest BCUT2D eigenvalue weighted by atomic mass is 10.1. The topological polar surface area (TPSA) is 105 Å². The van der Waals surface area contributed by atoms with Crippen molar-refractivity contribution in [2.24, 2.45) is 5.73 Å². The molecule has 0 radical (unpaired) electrons. The highest BCUT2D eigenvalue weighted by atomic mass is 16.4. The molecule has 6 heteroatoms. The molecular weight excluding hydrogens is 328 g/mol. The zero-order chi connectivity index (χ0) is 18.1. The van der Waals surface area contributed by atoms with Gasteiger partial charge in [0.1, 0.15) is 0 Å². The van der Waals surface area contributed by atoms with Crippen LogP contribution in [0.5, 0.6) is 0 Å². The molecule has 3 aromatic heterocycles. The van der Waals surface area contributed by atoms with Crippen molar-refractivity contribution in [3.63, 3.8) is 0 Å². The lowest BCUT2D eigenvalue weighted by Gasteiger charge is -2.05. The Hall–Kier alpha value is -3.51. The first-order chi connectivity index (χ1) is 12.7. The van der Waals surface area contributed by atoms with Crippen molar-refractivity contribution in [2.45, 2.75) is 6.54 Å². The summed E-state index contributed by atoms with van der Waals surface area (Å²) in [4.78, 5) is 23.3. The van der Waals surface area contributed by atoms with Crippen molar-refractivity contribution in [1.82, 2.24) is 15.0 Å². The first-order valence-electron chi connectivity index (χ1n) is 8.12. The number of pyridine rings is 2. The number of hydrogen-bond donors (Lipinski definition) is 3. The number of nitrogens with zero attached hydrogens (tertiary/aromatic N) is 2. The van der Waals surface area contributed by atoms with E-state index >= 15 is 0 Å². The van der Waals surface area contributed by atoms with Crippen LogP contribution in [-0.2, 0) is 6.54 Å². The zero-order valence-corrected chi connectivity index (χ0v) is 13.8. The van der Waals surface area contributed by atoms with Crippen LogP contribution in [0.1, 0.15) is 16.1 Å². The van der Waals surface area contributed by atoms with Crippen LogP contribution in [0, 0.1) is 0 Å². The molecule has 0 atom stereocenters. The third kappa shape index (κ3) is 2.82. The molecule has 0 saturated heterocycles. The Kier molecular flexibility index (Phi) is 3.95. The van der Waals surface area contributed by atoms with Crippen molar-refractivity contribution in [3.8, 4) is 22.5 Å². The molecule has 0 fully saturated rings. The van der Waals surface area contributed by atoms with Gasteiger partial charge >= 0.3 is 5.97 Å². The second kappa shape index (κ2) is 6.42. The van der Waals surface area contributed by atoms with E-state index in [0.717, 1.165) is 27.7 Å². The molecule has 4 N–H and O–H groups in total. The number of rotatable bonds is 4. The van der Waals surface area contributed by atoms with Gasteiger partial charge in [-0.25, -0.2) is 4.79 Å². The van der Waals surface area contributed by atoms with Gasteiger partial charge in [-0.15, -0.1) is 0 Å². The third-order valence-corrected chi connectivity index (χ3v) is 4.29. The van der Waals surface area contributed by atoms with Gasteiger partial charge in [-0.05, 0) is 30.3 Å². The molecule has 0 aliphatic carbocycles. The number of hydrogen-bond acceptors (Lipinski definition) is 4. The first kappa shape index (κ1) is 16.0. The Morgan fingerprint density at radius 3 is 2.69 bits per heavy atom. The minimum absolute atomic E-state index is 0.133. The number of aromatic carboxylic acids is 1. The van der Waals surface area contributed by atoms with Crippen molar-refractivity contribution >= 4 is 16.9 Å². The molecule has 1 aromatic carbocycles. The highest BCUT2D eigenvalue weighted by Crippen LogP contribution is 2.27. The van der Waals surface area contributed by atoms with E-state index in [-0.39, 0.29) is 12.1 Å². The van der Waals surface area contributed by atoms with Crippen molar-refractivity contribution in [3.05, 3.63) is 72.2 Å². The van der Waals surface area contributed by atoms with Gasteiger partial charge in [0.15, 0.2) is 0 Å². The predicted molar refractivity (Wildman–Crippen MR) is 99.6 cm³/mol. The molecule has 0 bridgehead atoms. The Labute approximate surface area is 149 Å². The van der Waals surface area contributed by atoms with Gasteiger partial charge in [-0.3, -0.25) is 9.97 Å². The maximum atomic E-state index is 11.3. The largest absolute Gasteiger partial charge is 0.478 e. The second-order valence-electron chi connectivity index (χ2n) is 5.93. The number of carboxylic acid groups (broad SMARTS) is 1. The third-order valence-electron chi connectivity index (χ3n) is 4.29. The van der Waals surface area contributed by atoms with Crippen LogP contribution in [0.4, 0.5) is 0 Å². The Morgan fingerprint density at radius 1 is 1.08 bits per heavy atom. The average Bonchev–Trinajstić information content (AvgIpc) is 3.12. The van der Waals surface area contributed by atoms with Crippen molar-refractivity contribution < 1.29 is 9.90 Å². The number of aromatic nitrogens is 3. The summed E-state index contributed by atoms with van der Waals surface area (Å²) in [5, 5.41) is 10.3. The second-order valence-corrected chi connectivity index (χ2v) is 5.93. The van der Waals surface area contributed by atoms with Gasteiger partial charge in [0.2, 0.25) is 0 Å². The number of benzene rings is 1. The number of nitrogens with one attached hydrogen (secondary N) is 1. The molecular formula is C20H16N4O2. The molecule has 4 aromatic rings. The average molecular weight is 344 g/mol. The van der Waals surface area contributed by atoms with Crippen LogP contribution in [-0.4, -0.2) is 26.0 Å². The minimum atomic E-state index is -0.999. The summed E-state index contributed by atoms with van der Waals surface area (Å²) in [6.45, 7) is 0.133. The van der Waals surface area contributed by atoms with Crippen LogP contribution in [0.25, 0.3) is 33.4 Å². The maximum absolute atomic E-state index is 11.3. The number of para-hydroxylation sites is 1. The highest BCUT2D eigenvalue weighted by Gasteiger charge is 2.15. The minimum Gasteiger partial charge on any atom is -0.478 e. The molecule has 26 heavy (non-hydrogen) atoms. The summed E-state index contributed by atoms with van der Waals surface area (Å²) < 4.78 is 0. The molecule has 0 saturated carbocycles. The van der Waals surface area contributed by atoms with Gasteiger partial charge < -0.3 is 15.8 Å². The SMILES string of the molecule is NCc1[nH]c(-c2ccnc(-c3cnc4ccccc4c3)c2)cc1C(=O)O. The van der Waals surface area contributed by atoms with Crippen LogP contribution < -0.4 is 5.73 Å². The van der Waals surface area contributed by atoms with Crippen LogP contribution in [0.2, 0.25) is 0 Å². The van der Waals surface area contributed by atoms with E-state index in [1.807, 2.05) is 42.5 Å². The fourth-order valence-corrected chi connectivity index (χ4v) is 2.97. The summed E-state index contributed by atoms with van der Waals surface area (Å²) in [5.41, 5.74) is 10.4. The number of aromatic amines is 1. The molecule has 128 valence electrons. The summed E-state index contributed by atoms with van der Waals surface area (Å²) in [5.74, 6) is -0.999. The van der Waals surface area contributed by atoms with Gasteiger partial charge in [0.25, 0.3) is 0 Å². The Morgan fingerprint density at radius 2 is 1.92 bits per heavy atom. The number of nitrogens with two attached hydrogens (primary N) is 1. The zero-order valence-electron chi connectivity index (χ0n) is 13.8. The van der Waals surface area contributed by atoms with Crippen LogP contribution in [0.3, 0.4) is 0 Å². The van der Waals surface area contributed by atoms with Gasteiger partial charge in [0.05, 0.1) is 16.8 Å². The standard InChI is InChI=1S/C20H16N4O2/c21-10-19-15(20(25)26)9-18(24-19)13-5-6-22-17(8-13)14-7-12-3-1-2-4-16(12)23-11-14/h1-9,11,24H,10,21H2,(H,25,26). The smallest absolute Gasteiger partial charge is 0.337 e. The van der Waals surface area contributed by atoms with E-state index in [1.165, 1.54) is 0 Å². The Balaban J connectivity index is 1.78. The first-order valence-corrected chi connectivity index (χ1v) is 8.12. The van der Waals surface area contributed by atoms with E-state index in [9.17, 15) is 9.90 Å². The van der Waals surface area contributed by atoms with Gasteiger partial charge in [-0.1, -0.05) is 18.2 Å².